The second kappa shape index (κ2) is 25.0. The van der Waals surface area contributed by atoms with Crippen molar-refractivity contribution in [1.82, 2.24) is 0 Å². The maximum absolute atomic E-state index is 10.7. The van der Waals surface area contributed by atoms with Crippen LogP contribution in [-0.2, 0) is 23.8 Å². The van der Waals surface area contributed by atoms with Crippen LogP contribution in [0, 0.1) is 11.8 Å². The Labute approximate surface area is 194 Å². The third-order valence-corrected chi connectivity index (χ3v) is 1.98. The lowest BCUT2D eigenvalue weighted by atomic mass is 10.2. The van der Waals surface area contributed by atoms with E-state index in [0.29, 0.717) is 0 Å². The summed E-state index contributed by atoms with van der Waals surface area (Å²) in [5.41, 5.74) is 0. The molecule has 0 bridgehead atoms. The zero-order valence-corrected chi connectivity index (χ0v) is 20.9. The van der Waals surface area contributed by atoms with Gasteiger partial charge in [-0.1, -0.05) is 27.7 Å². The Hall–Kier alpha value is -3.25. The van der Waals surface area contributed by atoms with Crippen LogP contribution in [0.2, 0.25) is 0 Å². The summed E-state index contributed by atoms with van der Waals surface area (Å²) in [5, 5.41) is 35.9. The SMILES string of the molecule is CC(C)C(=O)O.CC(C)OC(=O)C(C)C.CC(C)OC(=O)OC(C)C.O=C(O)O.O=C(O)O. The highest BCUT2D eigenvalue weighted by atomic mass is 16.7. The van der Waals surface area contributed by atoms with E-state index >= 15 is 0 Å². The topological polar surface area (TPSA) is 214 Å². The number of rotatable bonds is 5. The molecule has 0 rings (SSSR count). The first kappa shape index (κ1) is 40.1. The quantitative estimate of drug-likeness (QED) is 0.331. The van der Waals surface area contributed by atoms with E-state index in [2.05, 4.69) is 0 Å². The van der Waals surface area contributed by atoms with Crippen molar-refractivity contribution in [3.8, 4) is 0 Å². The highest BCUT2D eigenvalue weighted by Gasteiger charge is 2.09. The highest BCUT2D eigenvalue weighted by Crippen LogP contribution is 1.98. The van der Waals surface area contributed by atoms with Crippen LogP contribution in [0.5, 0.6) is 0 Å². The number of hydrogen-bond donors (Lipinski definition) is 5. The van der Waals surface area contributed by atoms with E-state index in [-0.39, 0.29) is 36.1 Å². The molecule has 33 heavy (non-hydrogen) atoms. The Morgan fingerprint density at radius 2 is 0.697 bits per heavy atom. The molecule has 0 unspecified atom stereocenters. The van der Waals surface area contributed by atoms with Crippen molar-refractivity contribution in [3.63, 3.8) is 0 Å². The summed E-state index contributed by atoms with van der Waals surface area (Å²) in [4.78, 5) is 48.2. The van der Waals surface area contributed by atoms with Crippen molar-refractivity contribution in [3.05, 3.63) is 0 Å². The van der Waals surface area contributed by atoms with Gasteiger partial charge in [-0.25, -0.2) is 14.4 Å². The van der Waals surface area contributed by atoms with Gasteiger partial charge >= 0.3 is 30.4 Å². The fourth-order valence-corrected chi connectivity index (χ4v) is 0.781. The number of carboxylic acids is 1. The second-order valence-corrected chi connectivity index (χ2v) is 7.28. The van der Waals surface area contributed by atoms with E-state index < -0.39 is 24.4 Å². The van der Waals surface area contributed by atoms with Gasteiger partial charge < -0.3 is 39.7 Å². The van der Waals surface area contributed by atoms with Crippen molar-refractivity contribution in [2.45, 2.75) is 87.5 Å². The molecule has 0 heterocycles. The van der Waals surface area contributed by atoms with Crippen molar-refractivity contribution < 1.29 is 63.7 Å². The van der Waals surface area contributed by atoms with Crippen molar-refractivity contribution in [1.29, 1.82) is 0 Å². The number of carbonyl (C=O) groups excluding carboxylic acids is 2. The molecule has 0 fully saturated rings. The summed E-state index contributed by atoms with van der Waals surface area (Å²) in [7, 11) is 0. The van der Waals surface area contributed by atoms with E-state index in [9.17, 15) is 14.4 Å². The lowest BCUT2D eigenvalue weighted by Crippen LogP contribution is -2.16. The molecule has 0 aromatic heterocycles. The molecule has 0 aromatic carbocycles. The number of aliphatic carboxylic acids is 1. The van der Waals surface area contributed by atoms with Crippen LogP contribution in [0.15, 0.2) is 0 Å². The molecule has 0 saturated heterocycles. The molecule has 0 amide bonds. The van der Waals surface area contributed by atoms with E-state index in [1.807, 2.05) is 27.7 Å². The van der Waals surface area contributed by atoms with Gasteiger partial charge in [0.2, 0.25) is 0 Å². The van der Waals surface area contributed by atoms with Crippen molar-refractivity contribution in [2.75, 3.05) is 0 Å². The molecule has 13 nitrogen and oxygen atoms in total. The number of esters is 1. The van der Waals surface area contributed by atoms with Gasteiger partial charge in [-0.05, 0) is 41.5 Å². The summed E-state index contributed by atoms with van der Waals surface area (Å²) in [6.45, 7) is 17.7. The molecule has 0 aliphatic carbocycles. The Bertz CT molecular complexity index is 506. The van der Waals surface area contributed by atoms with Gasteiger partial charge in [0.1, 0.15) is 0 Å². The Balaban J connectivity index is -0.000000104. The van der Waals surface area contributed by atoms with Gasteiger partial charge in [0.25, 0.3) is 0 Å². The molecular weight excluding hydrogens is 448 g/mol. The van der Waals surface area contributed by atoms with Gasteiger partial charge in [0.05, 0.1) is 30.1 Å². The highest BCUT2D eigenvalue weighted by molar-refractivity contribution is 5.71. The minimum atomic E-state index is -1.83. The predicted octanol–water partition coefficient (Wildman–Crippen LogP) is 4.72. The average molecular weight is 489 g/mol. The fourth-order valence-electron chi connectivity index (χ4n) is 0.781. The molecule has 0 aliphatic rings. The molecule has 13 heteroatoms. The zero-order valence-electron chi connectivity index (χ0n) is 20.9. The molecule has 0 aromatic rings. The first-order valence-corrected chi connectivity index (χ1v) is 9.81. The standard InChI is InChI=1S/C7H14O3.C7H14O2.C4H8O2.2CH2O3/c1-5(2)9-7(8)10-6(3)4;1-5(2)7(8)9-6(3)4;1-3(2)4(5)6;2*2-1(3)4/h5-6H,1-4H3;5-6H,1-4H3;3H,1-2H3,(H,5,6);2*(H2,2,3,4). The molecular formula is C20H40O13. The molecule has 0 saturated carbocycles. The molecule has 5 N–H and O–H groups in total. The Morgan fingerprint density at radius 3 is 0.788 bits per heavy atom. The fraction of sp³-hybridized carbons (Fsp3) is 0.750. The first-order chi connectivity index (χ1) is 14.7. The van der Waals surface area contributed by atoms with Gasteiger partial charge in [0.15, 0.2) is 0 Å². The molecule has 0 atom stereocenters. The third-order valence-electron chi connectivity index (χ3n) is 1.98. The van der Waals surface area contributed by atoms with Crippen LogP contribution >= 0.6 is 0 Å². The van der Waals surface area contributed by atoms with Crippen LogP contribution in [0.3, 0.4) is 0 Å². The predicted molar refractivity (Wildman–Crippen MR) is 118 cm³/mol. The molecule has 198 valence electrons. The summed E-state index contributed by atoms with van der Waals surface area (Å²) in [5.74, 6) is -1.10. The van der Waals surface area contributed by atoms with Gasteiger partial charge in [-0.3, -0.25) is 9.59 Å². The largest absolute Gasteiger partial charge is 0.508 e. The number of ether oxygens (including phenoxy) is 3. The van der Waals surface area contributed by atoms with Crippen LogP contribution in [0.25, 0.3) is 0 Å². The van der Waals surface area contributed by atoms with E-state index in [1.54, 1.807) is 41.5 Å². The monoisotopic (exact) mass is 488 g/mol. The number of carboxylic acid groups (broad SMARTS) is 5. The molecule has 0 aliphatic heterocycles. The number of hydrogen-bond acceptors (Lipinski definition) is 8. The maximum Gasteiger partial charge on any atom is 0.508 e. The van der Waals surface area contributed by atoms with Crippen LogP contribution in [0.1, 0.15) is 69.2 Å². The summed E-state index contributed by atoms with van der Waals surface area (Å²) >= 11 is 0. The average Bonchev–Trinajstić information content (AvgIpc) is 2.52. The summed E-state index contributed by atoms with van der Waals surface area (Å²) in [6, 6.07) is 0. The van der Waals surface area contributed by atoms with Crippen LogP contribution in [0.4, 0.5) is 14.4 Å². The van der Waals surface area contributed by atoms with Crippen LogP contribution < -0.4 is 0 Å². The lowest BCUT2D eigenvalue weighted by molar-refractivity contribution is -0.151. The summed E-state index contributed by atoms with van der Waals surface area (Å²) in [6.07, 6.45) is -4.46. The lowest BCUT2D eigenvalue weighted by Gasteiger charge is -2.10. The minimum Gasteiger partial charge on any atom is -0.481 e. The normalized spacial score (nSPS) is 9.06. The van der Waals surface area contributed by atoms with E-state index in [1.165, 1.54) is 0 Å². The Morgan fingerprint density at radius 1 is 0.485 bits per heavy atom. The van der Waals surface area contributed by atoms with Gasteiger partial charge in [-0.15, -0.1) is 0 Å². The van der Waals surface area contributed by atoms with Crippen LogP contribution in [-0.4, -0.2) is 74.2 Å². The van der Waals surface area contributed by atoms with Crippen molar-refractivity contribution >= 4 is 30.4 Å². The molecule has 0 radical (unpaired) electrons. The smallest absolute Gasteiger partial charge is 0.481 e. The maximum atomic E-state index is 10.7. The van der Waals surface area contributed by atoms with Gasteiger partial charge in [0, 0.05) is 0 Å². The van der Waals surface area contributed by atoms with Gasteiger partial charge in [-0.2, -0.15) is 0 Å². The number of carbonyl (C=O) groups is 5. The van der Waals surface area contributed by atoms with E-state index in [4.69, 9.17) is 49.3 Å². The van der Waals surface area contributed by atoms with Crippen molar-refractivity contribution in [2.24, 2.45) is 11.8 Å². The van der Waals surface area contributed by atoms with E-state index in [0.717, 1.165) is 0 Å². The molecule has 0 spiro atoms. The summed E-state index contributed by atoms with van der Waals surface area (Å²) < 4.78 is 14.3. The minimum absolute atomic E-state index is 0.00704. The Kier molecular flexibility index (Phi) is 30.4. The first-order valence-electron chi connectivity index (χ1n) is 9.81. The zero-order chi connectivity index (χ0) is 27.9. The third kappa shape index (κ3) is 73.3. The second-order valence-electron chi connectivity index (χ2n) is 7.28.